The Hall–Kier alpha value is -0.620. The second-order valence-electron chi connectivity index (χ2n) is 5.47. The highest BCUT2D eigenvalue weighted by molar-refractivity contribution is 7.89. The minimum Gasteiger partial charge on any atom is -0.314 e. The molecule has 0 bridgehead atoms. The average molecular weight is 319 g/mol. The standard InChI is InChI=1S/C14H22N2O2S.ClH/c1-10-4-5-14(11(2)8-10)19(17,18)16-13-6-7-15-12(3)9-13;/h4-5,8,12-13,15-16H,6-7,9H2,1-3H3;1H. The summed E-state index contributed by atoms with van der Waals surface area (Å²) in [5.74, 6) is 0. The van der Waals surface area contributed by atoms with Gasteiger partial charge in [-0.1, -0.05) is 17.7 Å². The summed E-state index contributed by atoms with van der Waals surface area (Å²) in [4.78, 5) is 0.393. The van der Waals surface area contributed by atoms with Crippen molar-refractivity contribution in [3.05, 3.63) is 29.3 Å². The number of rotatable bonds is 3. The van der Waals surface area contributed by atoms with Gasteiger partial charge in [0.25, 0.3) is 0 Å². The number of piperidine rings is 1. The maximum Gasteiger partial charge on any atom is 0.241 e. The molecule has 1 aliphatic rings. The Bertz CT molecular complexity index is 560. The van der Waals surface area contributed by atoms with Crippen LogP contribution in [-0.2, 0) is 10.0 Å². The van der Waals surface area contributed by atoms with E-state index in [4.69, 9.17) is 0 Å². The first-order valence-electron chi connectivity index (χ1n) is 6.71. The van der Waals surface area contributed by atoms with Crippen LogP contribution in [0.15, 0.2) is 23.1 Å². The van der Waals surface area contributed by atoms with E-state index in [1.54, 1.807) is 6.07 Å². The number of benzene rings is 1. The van der Waals surface area contributed by atoms with Crippen LogP contribution in [0.25, 0.3) is 0 Å². The third-order valence-electron chi connectivity index (χ3n) is 3.57. The normalized spacial score (nSPS) is 23.1. The van der Waals surface area contributed by atoms with Crippen LogP contribution in [0.5, 0.6) is 0 Å². The summed E-state index contributed by atoms with van der Waals surface area (Å²) in [5, 5.41) is 3.32. The summed E-state index contributed by atoms with van der Waals surface area (Å²) >= 11 is 0. The Morgan fingerprint density at radius 3 is 2.60 bits per heavy atom. The van der Waals surface area contributed by atoms with E-state index in [-0.39, 0.29) is 18.4 Å². The first-order valence-corrected chi connectivity index (χ1v) is 8.20. The largest absolute Gasteiger partial charge is 0.314 e. The molecule has 1 heterocycles. The minimum atomic E-state index is -3.41. The molecular weight excluding hydrogens is 296 g/mol. The van der Waals surface area contributed by atoms with E-state index in [0.717, 1.165) is 30.5 Å². The lowest BCUT2D eigenvalue weighted by atomic mass is 10.0. The van der Waals surface area contributed by atoms with Gasteiger partial charge in [0.05, 0.1) is 4.90 Å². The van der Waals surface area contributed by atoms with E-state index in [0.29, 0.717) is 10.9 Å². The maximum absolute atomic E-state index is 12.4. The van der Waals surface area contributed by atoms with Gasteiger partial charge < -0.3 is 5.32 Å². The lowest BCUT2D eigenvalue weighted by Gasteiger charge is -2.28. The maximum atomic E-state index is 12.4. The van der Waals surface area contributed by atoms with Gasteiger partial charge in [-0.2, -0.15) is 0 Å². The summed E-state index contributed by atoms with van der Waals surface area (Å²) in [5.41, 5.74) is 1.88. The first kappa shape index (κ1) is 17.4. The molecule has 2 rings (SSSR count). The van der Waals surface area contributed by atoms with E-state index in [1.165, 1.54) is 0 Å². The van der Waals surface area contributed by atoms with Crippen LogP contribution in [0.1, 0.15) is 30.9 Å². The summed E-state index contributed by atoms with van der Waals surface area (Å²) in [6.45, 7) is 6.75. The number of hydrogen-bond donors (Lipinski definition) is 2. The molecule has 0 aliphatic carbocycles. The van der Waals surface area contributed by atoms with Gasteiger partial charge in [-0.15, -0.1) is 12.4 Å². The van der Waals surface area contributed by atoms with Gasteiger partial charge in [-0.05, 0) is 51.8 Å². The molecule has 2 atom stereocenters. The Kier molecular flexibility index (Phi) is 6.01. The van der Waals surface area contributed by atoms with Gasteiger partial charge in [0.1, 0.15) is 0 Å². The molecule has 4 nitrogen and oxygen atoms in total. The molecule has 0 aromatic heterocycles. The number of aryl methyl sites for hydroxylation is 2. The molecule has 20 heavy (non-hydrogen) atoms. The Morgan fingerprint density at radius 1 is 1.30 bits per heavy atom. The molecule has 2 N–H and O–H groups in total. The average Bonchev–Trinajstić information content (AvgIpc) is 2.27. The quantitative estimate of drug-likeness (QED) is 0.897. The van der Waals surface area contributed by atoms with Crippen molar-refractivity contribution in [3.8, 4) is 0 Å². The summed E-state index contributed by atoms with van der Waals surface area (Å²) in [7, 11) is -3.41. The van der Waals surface area contributed by atoms with Gasteiger partial charge in [-0.3, -0.25) is 0 Å². The fraction of sp³-hybridized carbons (Fsp3) is 0.571. The third-order valence-corrected chi connectivity index (χ3v) is 5.25. The van der Waals surface area contributed by atoms with Crippen molar-refractivity contribution < 1.29 is 8.42 Å². The molecule has 0 radical (unpaired) electrons. The predicted molar refractivity (Wildman–Crippen MR) is 84.0 cm³/mol. The first-order chi connectivity index (χ1) is 8.88. The summed E-state index contributed by atoms with van der Waals surface area (Å²) in [6.07, 6.45) is 1.68. The zero-order valence-electron chi connectivity index (χ0n) is 12.1. The van der Waals surface area contributed by atoms with Crippen LogP contribution in [-0.4, -0.2) is 27.0 Å². The summed E-state index contributed by atoms with van der Waals surface area (Å²) < 4.78 is 27.6. The number of sulfonamides is 1. The van der Waals surface area contributed by atoms with Crippen molar-refractivity contribution in [2.45, 2.75) is 50.6 Å². The van der Waals surface area contributed by atoms with E-state index >= 15 is 0 Å². The zero-order valence-corrected chi connectivity index (χ0v) is 13.8. The molecule has 0 amide bonds. The highest BCUT2D eigenvalue weighted by Crippen LogP contribution is 2.18. The number of hydrogen-bond acceptors (Lipinski definition) is 3. The molecule has 1 aromatic carbocycles. The van der Waals surface area contributed by atoms with Gasteiger partial charge in [0, 0.05) is 12.1 Å². The highest BCUT2D eigenvalue weighted by Gasteiger charge is 2.25. The fourth-order valence-electron chi connectivity index (χ4n) is 2.62. The number of nitrogens with one attached hydrogen (secondary N) is 2. The van der Waals surface area contributed by atoms with Crippen LogP contribution in [0.4, 0.5) is 0 Å². The van der Waals surface area contributed by atoms with Crippen molar-refractivity contribution in [2.75, 3.05) is 6.54 Å². The third kappa shape index (κ3) is 4.19. The molecule has 0 spiro atoms. The van der Waals surface area contributed by atoms with E-state index in [2.05, 4.69) is 17.0 Å². The van der Waals surface area contributed by atoms with Crippen LogP contribution in [0.3, 0.4) is 0 Å². The van der Waals surface area contributed by atoms with E-state index in [1.807, 2.05) is 26.0 Å². The molecule has 1 fully saturated rings. The molecule has 2 unspecified atom stereocenters. The SMILES string of the molecule is Cc1ccc(S(=O)(=O)NC2CCNC(C)C2)c(C)c1.Cl. The second-order valence-corrected chi connectivity index (χ2v) is 7.15. The number of halogens is 1. The lowest BCUT2D eigenvalue weighted by molar-refractivity contribution is 0.361. The van der Waals surface area contributed by atoms with Gasteiger partial charge in [0.2, 0.25) is 10.0 Å². The van der Waals surface area contributed by atoms with E-state index < -0.39 is 10.0 Å². The van der Waals surface area contributed by atoms with Crippen LogP contribution >= 0.6 is 12.4 Å². The lowest BCUT2D eigenvalue weighted by Crippen LogP contribution is -2.46. The molecule has 1 saturated heterocycles. The molecule has 0 saturated carbocycles. The topological polar surface area (TPSA) is 58.2 Å². The van der Waals surface area contributed by atoms with Crippen molar-refractivity contribution in [1.82, 2.24) is 10.0 Å². The van der Waals surface area contributed by atoms with Crippen molar-refractivity contribution in [2.24, 2.45) is 0 Å². The zero-order chi connectivity index (χ0) is 14.0. The second kappa shape index (κ2) is 6.89. The van der Waals surface area contributed by atoms with E-state index in [9.17, 15) is 8.42 Å². The van der Waals surface area contributed by atoms with Crippen molar-refractivity contribution in [1.29, 1.82) is 0 Å². The Labute approximate surface area is 127 Å². The van der Waals surface area contributed by atoms with Gasteiger partial charge in [-0.25, -0.2) is 13.1 Å². The highest BCUT2D eigenvalue weighted by atomic mass is 35.5. The van der Waals surface area contributed by atoms with Crippen molar-refractivity contribution >= 4 is 22.4 Å². The van der Waals surface area contributed by atoms with Gasteiger partial charge in [0.15, 0.2) is 0 Å². The molecule has 6 heteroatoms. The summed E-state index contributed by atoms with van der Waals surface area (Å²) in [6, 6.07) is 5.83. The van der Waals surface area contributed by atoms with Gasteiger partial charge >= 0.3 is 0 Å². The molecule has 1 aromatic rings. The smallest absolute Gasteiger partial charge is 0.241 e. The molecular formula is C14H23ClN2O2S. The van der Waals surface area contributed by atoms with Crippen LogP contribution < -0.4 is 10.0 Å². The molecule has 1 aliphatic heterocycles. The van der Waals surface area contributed by atoms with Crippen molar-refractivity contribution in [3.63, 3.8) is 0 Å². The van der Waals surface area contributed by atoms with Crippen LogP contribution in [0.2, 0.25) is 0 Å². The Balaban J connectivity index is 0.00000200. The van der Waals surface area contributed by atoms with Crippen LogP contribution in [0, 0.1) is 13.8 Å². The fourth-order valence-corrected chi connectivity index (χ4v) is 4.13. The minimum absolute atomic E-state index is 0. The predicted octanol–water partition coefficient (Wildman–Crippen LogP) is 2.14. The monoisotopic (exact) mass is 318 g/mol. The Morgan fingerprint density at radius 2 is 2.00 bits per heavy atom. The molecule has 114 valence electrons.